The first-order valence-corrected chi connectivity index (χ1v) is 6.79. The summed E-state index contributed by atoms with van der Waals surface area (Å²) in [6, 6.07) is 4.99. The van der Waals surface area contributed by atoms with E-state index in [0.717, 1.165) is 20.1 Å². The molecule has 0 unspecified atom stereocenters. The van der Waals surface area contributed by atoms with Crippen molar-refractivity contribution in [2.24, 2.45) is 0 Å². The summed E-state index contributed by atoms with van der Waals surface area (Å²) in [6.45, 7) is 4.55. The predicted octanol–water partition coefficient (Wildman–Crippen LogP) is 4.27. The Kier molecular flexibility index (Phi) is 3.79. The molecule has 2 rings (SSSR count). The van der Waals surface area contributed by atoms with Crippen LogP contribution in [0, 0.1) is 19.7 Å². The molecule has 0 fully saturated rings. The topological polar surface area (TPSA) is 24.9 Å². The van der Waals surface area contributed by atoms with E-state index in [1.807, 2.05) is 19.9 Å². The second kappa shape index (κ2) is 5.14. The summed E-state index contributed by atoms with van der Waals surface area (Å²) < 4.78 is 14.3. The van der Waals surface area contributed by atoms with Crippen LogP contribution < -0.4 is 5.32 Å². The Morgan fingerprint density at radius 2 is 2.18 bits per heavy atom. The van der Waals surface area contributed by atoms with Gasteiger partial charge in [0.05, 0.1) is 22.9 Å². The molecule has 0 radical (unpaired) electrons. The van der Waals surface area contributed by atoms with E-state index in [0.29, 0.717) is 12.2 Å². The summed E-state index contributed by atoms with van der Waals surface area (Å²) in [5, 5.41) is 4.12. The highest BCUT2D eigenvalue weighted by molar-refractivity contribution is 9.10. The molecule has 0 aliphatic rings. The van der Waals surface area contributed by atoms with Gasteiger partial charge < -0.3 is 5.32 Å². The van der Waals surface area contributed by atoms with Crippen molar-refractivity contribution in [2.75, 3.05) is 5.32 Å². The van der Waals surface area contributed by atoms with E-state index >= 15 is 0 Å². The van der Waals surface area contributed by atoms with Crippen LogP contribution in [0.15, 0.2) is 22.7 Å². The molecule has 0 aliphatic heterocycles. The number of rotatable bonds is 3. The van der Waals surface area contributed by atoms with E-state index in [1.54, 1.807) is 17.4 Å². The molecular formula is C12H12BrFN2S. The van der Waals surface area contributed by atoms with Crippen LogP contribution in [0.1, 0.15) is 15.6 Å². The molecule has 1 N–H and O–H groups in total. The van der Waals surface area contributed by atoms with Gasteiger partial charge in [-0.15, -0.1) is 11.3 Å². The molecule has 0 amide bonds. The normalized spacial score (nSPS) is 10.6. The summed E-state index contributed by atoms with van der Waals surface area (Å²) in [5.74, 6) is -0.252. The zero-order valence-electron chi connectivity index (χ0n) is 9.55. The van der Waals surface area contributed by atoms with Crippen molar-refractivity contribution >= 4 is 33.0 Å². The maximum absolute atomic E-state index is 13.6. The third-order valence-electron chi connectivity index (χ3n) is 2.37. The molecule has 1 heterocycles. The number of nitrogens with zero attached hydrogens (tertiary/aromatic N) is 1. The van der Waals surface area contributed by atoms with Crippen LogP contribution in [0.4, 0.5) is 10.1 Å². The first-order valence-electron chi connectivity index (χ1n) is 5.18. The van der Waals surface area contributed by atoms with Gasteiger partial charge >= 0.3 is 0 Å². The molecule has 2 nitrogen and oxygen atoms in total. The molecule has 17 heavy (non-hydrogen) atoms. The zero-order valence-corrected chi connectivity index (χ0v) is 12.0. The van der Waals surface area contributed by atoms with Crippen molar-refractivity contribution in [2.45, 2.75) is 20.4 Å². The minimum absolute atomic E-state index is 0.252. The molecule has 1 aromatic heterocycles. The Morgan fingerprint density at radius 3 is 2.76 bits per heavy atom. The van der Waals surface area contributed by atoms with Crippen LogP contribution in [0.25, 0.3) is 0 Å². The first-order chi connectivity index (χ1) is 8.06. The molecule has 5 heteroatoms. The van der Waals surface area contributed by atoms with Gasteiger partial charge in [-0.25, -0.2) is 9.37 Å². The third-order valence-corrected chi connectivity index (χ3v) is 3.94. The molecular weight excluding hydrogens is 303 g/mol. The summed E-state index contributed by atoms with van der Waals surface area (Å²) in [5.41, 5.74) is 1.52. The lowest BCUT2D eigenvalue weighted by atomic mass is 10.3. The zero-order chi connectivity index (χ0) is 12.4. The lowest BCUT2D eigenvalue weighted by Gasteiger charge is -2.06. The summed E-state index contributed by atoms with van der Waals surface area (Å²) in [4.78, 5) is 5.48. The summed E-state index contributed by atoms with van der Waals surface area (Å²) in [6.07, 6.45) is 0. The van der Waals surface area contributed by atoms with Gasteiger partial charge in [0, 0.05) is 9.35 Å². The van der Waals surface area contributed by atoms with E-state index in [2.05, 4.69) is 26.2 Å². The Bertz CT molecular complexity index is 539. The van der Waals surface area contributed by atoms with Crippen molar-refractivity contribution in [1.29, 1.82) is 0 Å². The number of benzene rings is 1. The average molecular weight is 315 g/mol. The van der Waals surface area contributed by atoms with E-state index < -0.39 is 0 Å². The number of aryl methyl sites for hydroxylation is 2. The van der Waals surface area contributed by atoms with Crippen LogP contribution in [0.5, 0.6) is 0 Å². The molecule has 0 atom stereocenters. The molecule has 0 aliphatic carbocycles. The highest BCUT2D eigenvalue weighted by Gasteiger charge is 2.06. The number of thiazole rings is 1. The minimum Gasteiger partial charge on any atom is -0.378 e. The third kappa shape index (κ3) is 3.04. The maximum Gasteiger partial charge on any atom is 0.147 e. The lowest BCUT2D eigenvalue weighted by molar-refractivity contribution is 0.629. The van der Waals surface area contributed by atoms with E-state index in [-0.39, 0.29) is 5.82 Å². The lowest BCUT2D eigenvalue weighted by Crippen LogP contribution is -2.01. The fourth-order valence-corrected chi connectivity index (χ4v) is 2.76. The van der Waals surface area contributed by atoms with Crippen LogP contribution in [-0.2, 0) is 6.54 Å². The maximum atomic E-state index is 13.6. The Labute approximate surface area is 112 Å². The van der Waals surface area contributed by atoms with Gasteiger partial charge in [-0.3, -0.25) is 0 Å². The van der Waals surface area contributed by atoms with Crippen molar-refractivity contribution in [1.82, 2.24) is 4.98 Å². The Hall–Kier alpha value is -0.940. The van der Waals surface area contributed by atoms with E-state index in [4.69, 9.17) is 0 Å². The van der Waals surface area contributed by atoms with Gasteiger partial charge in [-0.1, -0.05) is 15.9 Å². The van der Waals surface area contributed by atoms with Crippen LogP contribution in [-0.4, -0.2) is 4.98 Å². The van der Waals surface area contributed by atoms with E-state index in [1.165, 1.54) is 6.07 Å². The van der Waals surface area contributed by atoms with Crippen molar-refractivity contribution in [3.8, 4) is 0 Å². The summed E-state index contributed by atoms with van der Waals surface area (Å²) in [7, 11) is 0. The quantitative estimate of drug-likeness (QED) is 0.915. The Balaban J connectivity index is 2.10. The van der Waals surface area contributed by atoms with Crippen LogP contribution >= 0.6 is 27.3 Å². The average Bonchev–Trinajstić information content (AvgIpc) is 2.56. The second-order valence-electron chi connectivity index (χ2n) is 3.72. The van der Waals surface area contributed by atoms with Gasteiger partial charge in [-0.2, -0.15) is 0 Å². The predicted molar refractivity (Wildman–Crippen MR) is 73.0 cm³/mol. The number of hydrogen-bond acceptors (Lipinski definition) is 3. The number of nitrogens with one attached hydrogen (secondary N) is 1. The molecule has 0 bridgehead atoms. The fraction of sp³-hybridized carbons (Fsp3) is 0.250. The SMILES string of the molecule is Cc1nc(C)c(CNc2ccc(Br)cc2F)s1. The standard InChI is InChI=1S/C12H12BrFN2S/c1-7-12(17-8(2)16-7)6-15-11-4-3-9(13)5-10(11)14/h3-5,15H,6H2,1-2H3. The van der Waals surface area contributed by atoms with Crippen molar-refractivity contribution in [3.63, 3.8) is 0 Å². The highest BCUT2D eigenvalue weighted by Crippen LogP contribution is 2.22. The molecule has 0 saturated carbocycles. The second-order valence-corrected chi connectivity index (χ2v) is 5.92. The van der Waals surface area contributed by atoms with Gasteiger partial charge in [-0.05, 0) is 32.0 Å². The minimum atomic E-state index is -0.252. The van der Waals surface area contributed by atoms with Gasteiger partial charge in [0.2, 0.25) is 0 Å². The smallest absolute Gasteiger partial charge is 0.147 e. The number of anilines is 1. The molecule has 0 spiro atoms. The van der Waals surface area contributed by atoms with Gasteiger partial charge in [0.25, 0.3) is 0 Å². The van der Waals surface area contributed by atoms with Crippen molar-refractivity contribution < 1.29 is 4.39 Å². The number of aromatic nitrogens is 1. The summed E-state index contributed by atoms with van der Waals surface area (Å²) >= 11 is 4.87. The molecule has 1 aromatic carbocycles. The van der Waals surface area contributed by atoms with Gasteiger partial charge in [0.15, 0.2) is 0 Å². The van der Waals surface area contributed by atoms with E-state index in [9.17, 15) is 4.39 Å². The molecule has 0 saturated heterocycles. The molecule has 2 aromatic rings. The number of halogens is 2. The largest absolute Gasteiger partial charge is 0.378 e. The first kappa shape index (κ1) is 12.5. The Morgan fingerprint density at radius 1 is 1.41 bits per heavy atom. The highest BCUT2D eigenvalue weighted by atomic mass is 79.9. The van der Waals surface area contributed by atoms with Gasteiger partial charge in [0.1, 0.15) is 5.82 Å². The van der Waals surface area contributed by atoms with Crippen LogP contribution in [0.2, 0.25) is 0 Å². The fourth-order valence-electron chi connectivity index (χ4n) is 1.55. The van der Waals surface area contributed by atoms with Crippen molar-refractivity contribution in [3.05, 3.63) is 44.1 Å². The van der Waals surface area contributed by atoms with Crippen LogP contribution in [0.3, 0.4) is 0 Å². The monoisotopic (exact) mass is 314 g/mol. The number of hydrogen-bond donors (Lipinski definition) is 1. The molecule has 90 valence electrons.